The number of amides is 1. The Bertz CT molecular complexity index is 1040. The molecule has 0 saturated carbocycles. The van der Waals surface area contributed by atoms with Gasteiger partial charge in [0.2, 0.25) is 5.91 Å². The van der Waals surface area contributed by atoms with Crippen LogP contribution in [-0.2, 0) is 4.79 Å². The van der Waals surface area contributed by atoms with Crippen LogP contribution in [0, 0.1) is 11.3 Å². The second-order valence-corrected chi connectivity index (χ2v) is 8.09. The number of hydrogen-bond donors (Lipinski definition) is 1. The lowest BCUT2D eigenvalue weighted by atomic mass is 10.1. The Morgan fingerprint density at radius 1 is 1.19 bits per heavy atom. The zero-order valence-corrected chi connectivity index (χ0v) is 17.1. The number of nitrogens with zero attached hydrogens (tertiary/aromatic N) is 3. The van der Waals surface area contributed by atoms with Gasteiger partial charge < -0.3 is 15.0 Å². The highest BCUT2D eigenvalue weighted by Gasteiger charge is 2.37. The lowest BCUT2D eigenvalue weighted by Gasteiger charge is -2.23. The maximum Gasteiger partial charge on any atom is 0.573 e. The highest BCUT2D eigenvalue weighted by Crippen LogP contribution is 2.35. The number of hydrogen-bond acceptors (Lipinski definition) is 5. The Morgan fingerprint density at radius 3 is 2.66 bits per heavy atom. The van der Waals surface area contributed by atoms with Crippen LogP contribution in [-0.4, -0.2) is 66.5 Å². The molecule has 2 aliphatic heterocycles. The summed E-state index contributed by atoms with van der Waals surface area (Å²) >= 11 is 0. The monoisotopic (exact) mass is 450 g/mol. The highest BCUT2D eigenvalue weighted by molar-refractivity contribution is 5.98. The molecular weight excluding hydrogens is 428 g/mol. The Morgan fingerprint density at radius 2 is 1.94 bits per heavy atom. The zero-order chi connectivity index (χ0) is 22.9. The smallest absolute Gasteiger partial charge is 0.405 e. The number of likely N-dealkylation sites (tertiary alicyclic amines) is 2. The number of alkyl halides is 4. The molecule has 4 rings (SSSR count). The Hall–Kier alpha value is -3.06. The summed E-state index contributed by atoms with van der Waals surface area (Å²) in [4.78, 5) is 15.8. The van der Waals surface area contributed by atoms with E-state index in [2.05, 4.69) is 10.1 Å². The maximum absolute atomic E-state index is 13.6. The molecular formula is C22H22F4N4O2. The normalized spacial score (nSPS) is 24.0. The summed E-state index contributed by atoms with van der Waals surface area (Å²) in [6.07, 6.45) is -5.17. The van der Waals surface area contributed by atoms with Crippen LogP contribution in [0.2, 0.25) is 0 Å². The second kappa shape index (κ2) is 8.82. The van der Waals surface area contributed by atoms with Crippen molar-refractivity contribution in [3.05, 3.63) is 36.4 Å². The summed E-state index contributed by atoms with van der Waals surface area (Å²) < 4.78 is 55.9. The molecule has 0 unspecified atom stereocenters. The van der Waals surface area contributed by atoms with Crippen molar-refractivity contribution in [1.82, 2.24) is 9.80 Å². The van der Waals surface area contributed by atoms with Crippen LogP contribution in [0.15, 0.2) is 36.4 Å². The molecule has 0 bridgehead atoms. The number of rotatable bonds is 5. The van der Waals surface area contributed by atoms with Crippen molar-refractivity contribution in [2.45, 2.75) is 37.5 Å². The lowest BCUT2D eigenvalue weighted by molar-refractivity contribution is -0.274. The van der Waals surface area contributed by atoms with E-state index in [0.29, 0.717) is 29.5 Å². The van der Waals surface area contributed by atoms with E-state index in [9.17, 15) is 22.4 Å². The summed E-state index contributed by atoms with van der Waals surface area (Å²) in [6.45, 7) is 1.23. The van der Waals surface area contributed by atoms with Gasteiger partial charge in [0.1, 0.15) is 18.0 Å². The second-order valence-electron chi connectivity index (χ2n) is 8.09. The first-order chi connectivity index (χ1) is 15.2. The van der Waals surface area contributed by atoms with Gasteiger partial charge in [-0.05, 0) is 18.6 Å². The topological polar surface area (TPSA) is 68.6 Å². The quantitative estimate of drug-likeness (QED) is 0.704. The van der Waals surface area contributed by atoms with Gasteiger partial charge >= 0.3 is 6.36 Å². The summed E-state index contributed by atoms with van der Waals surface area (Å²) in [7, 11) is 0. The summed E-state index contributed by atoms with van der Waals surface area (Å²) in [5, 5.41) is 13.4. The van der Waals surface area contributed by atoms with Gasteiger partial charge in [0.15, 0.2) is 0 Å². The van der Waals surface area contributed by atoms with E-state index in [-0.39, 0.29) is 37.2 Å². The molecule has 2 fully saturated rings. The Kier molecular flexibility index (Phi) is 6.11. The molecule has 2 saturated heterocycles. The average Bonchev–Trinajstić information content (AvgIpc) is 3.34. The van der Waals surface area contributed by atoms with Crippen molar-refractivity contribution < 1.29 is 27.1 Å². The first-order valence-electron chi connectivity index (χ1n) is 10.3. The van der Waals surface area contributed by atoms with Crippen molar-refractivity contribution >= 4 is 22.4 Å². The van der Waals surface area contributed by atoms with Crippen molar-refractivity contribution in [1.29, 1.82) is 5.26 Å². The zero-order valence-electron chi connectivity index (χ0n) is 17.1. The third-order valence-electron chi connectivity index (χ3n) is 5.82. The van der Waals surface area contributed by atoms with E-state index in [1.807, 2.05) is 11.0 Å². The van der Waals surface area contributed by atoms with Crippen LogP contribution in [0.5, 0.6) is 5.75 Å². The first-order valence-corrected chi connectivity index (χ1v) is 10.3. The van der Waals surface area contributed by atoms with Gasteiger partial charge in [-0.3, -0.25) is 9.69 Å². The third kappa shape index (κ3) is 4.88. The maximum atomic E-state index is 13.6. The number of benzene rings is 2. The van der Waals surface area contributed by atoms with Crippen LogP contribution in [0.4, 0.5) is 23.2 Å². The molecule has 0 spiro atoms. The van der Waals surface area contributed by atoms with Crippen molar-refractivity contribution in [3.63, 3.8) is 0 Å². The molecule has 0 aromatic heterocycles. The number of anilines is 1. The van der Waals surface area contributed by atoms with Crippen molar-refractivity contribution in [2.24, 2.45) is 0 Å². The molecule has 32 heavy (non-hydrogen) atoms. The van der Waals surface area contributed by atoms with Crippen molar-refractivity contribution in [3.8, 4) is 11.8 Å². The largest absolute Gasteiger partial charge is 0.573 e. The van der Waals surface area contributed by atoms with Crippen LogP contribution < -0.4 is 10.1 Å². The number of carbonyl (C=O) groups is 1. The fourth-order valence-corrected chi connectivity index (χ4v) is 4.39. The van der Waals surface area contributed by atoms with Gasteiger partial charge in [0.25, 0.3) is 0 Å². The van der Waals surface area contributed by atoms with Gasteiger partial charge in [0.05, 0.1) is 19.2 Å². The molecule has 2 aromatic carbocycles. The van der Waals surface area contributed by atoms with Crippen LogP contribution in [0.1, 0.15) is 12.8 Å². The molecule has 2 heterocycles. The Balaban J connectivity index is 1.41. The Labute approximate surface area is 182 Å². The van der Waals surface area contributed by atoms with Crippen LogP contribution >= 0.6 is 0 Å². The van der Waals surface area contributed by atoms with E-state index in [1.54, 1.807) is 30.3 Å². The number of nitriles is 1. The van der Waals surface area contributed by atoms with Gasteiger partial charge in [-0.1, -0.05) is 24.3 Å². The summed E-state index contributed by atoms with van der Waals surface area (Å²) in [6, 6.07) is 10.8. The lowest BCUT2D eigenvalue weighted by Crippen LogP contribution is -2.42. The van der Waals surface area contributed by atoms with E-state index in [4.69, 9.17) is 5.26 Å². The standard InChI is InChI=1S/C22H22F4N4O2/c23-14-9-16(10-27)30(11-14)21(31)13-29-8-7-15(12-29)28-19-5-6-20(32-22(24,25)26)18-4-2-1-3-17(18)19/h1-6,14-16,28H,7-9,11-13H2/t14-,15+,16-/m0/s1. The summed E-state index contributed by atoms with van der Waals surface area (Å²) in [5.74, 6) is -0.530. The predicted molar refractivity (Wildman–Crippen MR) is 110 cm³/mol. The minimum Gasteiger partial charge on any atom is -0.405 e. The number of carbonyl (C=O) groups excluding carboxylic acids is 1. The third-order valence-corrected chi connectivity index (χ3v) is 5.82. The number of halogens is 4. The van der Waals surface area contributed by atoms with Gasteiger partial charge in [-0.2, -0.15) is 5.26 Å². The molecule has 2 aliphatic rings. The molecule has 3 atom stereocenters. The number of ether oxygens (including phenoxy) is 1. The molecule has 6 nitrogen and oxygen atoms in total. The average molecular weight is 450 g/mol. The molecule has 10 heteroatoms. The predicted octanol–water partition coefficient (Wildman–Crippen LogP) is 3.69. The van der Waals surface area contributed by atoms with Crippen LogP contribution in [0.3, 0.4) is 0 Å². The van der Waals surface area contributed by atoms with Crippen LogP contribution in [0.25, 0.3) is 10.8 Å². The van der Waals surface area contributed by atoms with Crippen molar-refractivity contribution in [2.75, 3.05) is 31.5 Å². The van der Waals surface area contributed by atoms with Gasteiger partial charge in [0, 0.05) is 42.0 Å². The SMILES string of the molecule is N#C[C@@H]1C[C@H](F)CN1C(=O)CN1CC[C@@H](Nc2ccc(OC(F)(F)F)c3ccccc23)C1. The number of nitrogens with one attached hydrogen (secondary N) is 1. The van der Waals surface area contributed by atoms with E-state index in [1.165, 1.54) is 11.0 Å². The minimum absolute atomic E-state index is 0.0140. The minimum atomic E-state index is -4.78. The molecule has 0 aliphatic carbocycles. The van der Waals surface area contributed by atoms with Gasteiger partial charge in [-0.25, -0.2) is 4.39 Å². The van der Waals surface area contributed by atoms with Gasteiger partial charge in [-0.15, -0.1) is 13.2 Å². The first kappa shape index (κ1) is 22.1. The van der Waals surface area contributed by atoms with E-state index in [0.717, 1.165) is 6.42 Å². The molecule has 170 valence electrons. The van der Waals surface area contributed by atoms with E-state index < -0.39 is 18.6 Å². The molecule has 1 N–H and O–H groups in total. The fraction of sp³-hybridized carbons (Fsp3) is 0.455. The number of fused-ring (bicyclic) bond motifs is 1. The molecule has 2 aromatic rings. The molecule has 1 amide bonds. The van der Waals surface area contributed by atoms with E-state index >= 15 is 0 Å². The highest BCUT2D eigenvalue weighted by atomic mass is 19.4. The molecule has 0 radical (unpaired) electrons. The fourth-order valence-electron chi connectivity index (χ4n) is 4.39. The summed E-state index contributed by atoms with van der Waals surface area (Å²) in [5.41, 5.74) is 0.678.